The van der Waals surface area contributed by atoms with E-state index in [9.17, 15) is 0 Å². The number of hydrogen-bond donors (Lipinski definition) is 1. The second kappa shape index (κ2) is 22.0. The number of phenols is 1. The van der Waals surface area contributed by atoms with Gasteiger partial charge in [-0.1, -0.05) is 77.5 Å². The molecular weight excluding hydrogens is 232 g/mol. The van der Waals surface area contributed by atoms with Crippen LogP contribution in [0.1, 0.15) is 65.4 Å². The maximum absolute atomic E-state index is 8.76. The summed E-state index contributed by atoms with van der Waals surface area (Å²) in [7, 11) is 0. The van der Waals surface area contributed by atoms with Gasteiger partial charge in [0.15, 0.2) is 0 Å². The van der Waals surface area contributed by atoms with E-state index in [1.807, 2.05) is 19.1 Å². The number of hydrogen-bond acceptors (Lipinski definition) is 1. The van der Waals surface area contributed by atoms with E-state index in [4.69, 9.17) is 5.11 Å². The Labute approximate surface area is 121 Å². The summed E-state index contributed by atoms with van der Waals surface area (Å²) in [5.41, 5.74) is 1.17. The van der Waals surface area contributed by atoms with E-state index in [1.165, 1.54) is 37.7 Å². The number of aromatic hydroxyl groups is 1. The molecule has 0 aliphatic carbocycles. The van der Waals surface area contributed by atoms with Gasteiger partial charge < -0.3 is 5.11 Å². The first-order chi connectivity index (χ1) is 9.12. The minimum absolute atomic E-state index is 0.329. The van der Waals surface area contributed by atoms with Gasteiger partial charge in [0, 0.05) is 0 Å². The summed E-state index contributed by atoms with van der Waals surface area (Å²) in [6, 6.07) is 7.09. The van der Waals surface area contributed by atoms with Crippen molar-refractivity contribution in [2.24, 2.45) is 0 Å². The molecule has 0 spiro atoms. The molecule has 0 saturated heterocycles. The molecule has 0 radical (unpaired) electrons. The van der Waals surface area contributed by atoms with E-state index >= 15 is 0 Å². The van der Waals surface area contributed by atoms with Gasteiger partial charge >= 0.3 is 0 Å². The molecular formula is C18H34O. The fourth-order valence-electron chi connectivity index (χ4n) is 1.04. The summed E-state index contributed by atoms with van der Waals surface area (Å²) in [4.78, 5) is 0. The van der Waals surface area contributed by atoms with E-state index in [-0.39, 0.29) is 0 Å². The van der Waals surface area contributed by atoms with Crippen LogP contribution in [0, 0.1) is 6.92 Å². The second-order valence-corrected chi connectivity index (χ2v) is 4.25. The Morgan fingerprint density at radius 1 is 0.842 bits per heavy atom. The second-order valence-electron chi connectivity index (χ2n) is 4.25. The van der Waals surface area contributed by atoms with Crippen LogP contribution >= 0.6 is 0 Å². The Bertz CT molecular complexity index is 213. The van der Waals surface area contributed by atoms with Gasteiger partial charge in [0.05, 0.1) is 0 Å². The summed E-state index contributed by atoms with van der Waals surface area (Å²) in [5.74, 6) is 0.329. The fourth-order valence-corrected chi connectivity index (χ4v) is 1.04. The van der Waals surface area contributed by atoms with Gasteiger partial charge in [-0.05, 0) is 19.1 Å². The summed E-state index contributed by atoms with van der Waals surface area (Å²) in [6.07, 6.45) is 6.79. The molecule has 0 saturated carbocycles. The van der Waals surface area contributed by atoms with Crippen molar-refractivity contribution < 1.29 is 5.11 Å². The van der Waals surface area contributed by atoms with Crippen LogP contribution in [0.5, 0.6) is 5.75 Å². The van der Waals surface area contributed by atoms with Gasteiger partial charge in [-0.3, -0.25) is 0 Å². The number of aryl methyl sites for hydroxylation is 1. The normalized spacial score (nSPS) is 7.84. The van der Waals surface area contributed by atoms with Crippen LogP contribution in [0.4, 0.5) is 0 Å². The molecule has 0 amide bonds. The third-order valence-electron chi connectivity index (χ3n) is 1.99. The Morgan fingerprint density at radius 3 is 1.37 bits per heavy atom. The first-order valence-corrected chi connectivity index (χ1v) is 7.37. The van der Waals surface area contributed by atoms with Crippen molar-refractivity contribution >= 4 is 0 Å². The molecule has 19 heavy (non-hydrogen) atoms. The van der Waals surface area contributed by atoms with Gasteiger partial charge in [-0.25, -0.2) is 0 Å². The minimum atomic E-state index is 0.329. The molecule has 0 atom stereocenters. The monoisotopic (exact) mass is 266 g/mol. The SMILES string of the molecule is C=C.CCC.CCCCCC.Cc1ccc(O)cc1. The molecule has 1 aromatic carbocycles. The molecule has 112 valence electrons. The predicted molar refractivity (Wildman–Crippen MR) is 89.9 cm³/mol. The Kier molecular flexibility index (Phi) is 26.5. The van der Waals surface area contributed by atoms with Gasteiger partial charge in [0.2, 0.25) is 0 Å². The Morgan fingerprint density at radius 2 is 1.16 bits per heavy atom. The van der Waals surface area contributed by atoms with Gasteiger partial charge in [-0.15, -0.1) is 13.2 Å². The van der Waals surface area contributed by atoms with Gasteiger partial charge in [0.1, 0.15) is 5.75 Å². The van der Waals surface area contributed by atoms with E-state index in [2.05, 4.69) is 40.9 Å². The van der Waals surface area contributed by atoms with Gasteiger partial charge in [0.25, 0.3) is 0 Å². The van der Waals surface area contributed by atoms with Crippen molar-refractivity contribution in [1.29, 1.82) is 0 Å². The number of unbranched alkanes of at least 4 members (excludes halogenated alkanes) is 3. The molecule has 1 rings (SSSR count). The molecule has 0 aliphatic heterocycles. The van der Waals surface area contributed by atoms with E-state index < -0.39 is 0 Å². The molecule has 1 nitrogen and oxygen atoms in total. The number of rotatable bonds is 3. The lowest BCUT2D eigenvalue weighted by molar-refractivity contribution is 0.475. The molecule has 1 heteroatoms. The fraction of sp³-hybridized carbons (Fsp3) is 0.556. The zero-order valence-electron chi connectivity index (χ0n) is 13.7. The lowest BCUT2D eigenvalue weighted by Gasteiger charge is -1.89. The topological polar surface area (TPSA) is 20.2 Å². The average Bonchev–Trinajstić information content (AvgIpc) is 2.44. The average molecular weight is 266 g/mol. The molecule has 0 aromatic heterocycles. The predicted octanol–water partition coefficient (Wildman–Crippen LogP) is 6.51. The maximum atomic E-state index is 8.76. The summed E-state index contributed by atoms with van der Waals surface area (Å²) in [6.45, 7) is 16.7. The minimum Gasteiger partial charge on any atom is -0.508 e. The van der Waals surface area contributed by atoms with Crippen molar-refractivity contribution in [3.05, 3.63) is 43.0 Å². The van der Waals surface area contributed by atoms with Crippen molar-refractivity contribution in [2.75, 3.05) is 0 Å². The molecule has 0 unspecified atom stereocenters. The lowest BCUT2D eigenvalue weighted by atomic mass is 10.2. The van der Waals surface area contributed by atoms with Crippen LogP contribution < -0.4 is 0 Å². The quantitative estimate of drug-likeness (QED) is 0.488. The number of benzene rings is 1. The van der Waals surface area contributed by atoms with Crippen LogP contribution in [-0.4, -0.2) is 5.11 Å². The zero-order chi connectivity index (χ0) is 15.5. The smallest absolute Gasteiger partial charge is 0.115 e. The van der Waals surface area contributed by atoms with E-state index in [1.54, 1.807) is 12.1 Å². The molecule has 0 aliphatic rings. The maximum Gasteiger partial charge on any atom is 0.115 e. The molecule has 0 heterocycles. The van der Waals surface area contributed by atoms with Crippen LogP contribution in [0.15, 0.2) is 37.4 Å². The van der Waals surface area contributed by atoms with Crippen LogP contribution in [0.3, 0.4) is 0 Å². The molecule has 0 bridgehead atoms. The largest absolute Gasteiger partial charge is 0.508 e. The van der Waals surface area contributed by atoms with Crippen molar-refractivity contribution in [3.8, 4) is 5.75 Å². The Balaban J connectivity index is -0.000000207. The van der Waals surface area contributed by atoms with E-state index in [0.717, 1.165) is 0 Å². The van der Waals surface area contributed by atoms with Gasteiger partial charge in [-0.2, -0.15) is 0 Å². The zero-order valence-corrected chi connectivity index (χ0v) is 13.7. The standard InChI is InChI=1S/C7H8O.C6H14.C3H8.C2H4/c1-6-2-4-7(8)5-3-6;1-3-5-6-4-2;1-3-2;1-2/h2-5,8H,1H3;3-6H2,1-2H3;3H2,1-2H3;1-2H2. The summed E-state index contributed by atoms with van der Waals surface area (Å²) in [5, 5.41) is 8.76. The first kappa shape index (κ1) is 22.9. The highest BCUT2D eigenvalue weighted by molar-refractivity contribution is 5.24. The van der Waals surface area contributed by atoms with E-state index in [0.29, 0.717) is 5.75 Å². The van der Waals surface area contributed by atoms with Crippen molar-refractivity contribution in [3.63, 3.8) is 0 Å². The van der Waals surface area contributed by atoms with Crippen LogP contribution in [0.25, 0.3) is 0 Å². The van der Waals surface area contributed by atoms with Crippen LogP contribution in [0.2, 0.25) is 0 Å². The van der Waals surface area contributed by atoms with Crippen molar-refractivity contribution in [2.45, 2.75) is 66.7 Å². The lowest BCUT2D eigenvalue weighted by Crippen LogP contribution is -1.66. The summed E-state index contributed by atoms with van der Waals surface area (Å²) < 4.78 is 0. The Hall–Kier alpha value is -1.24. The third kappa shape index (κ3) is 26.4. The van der Waals surface area contributed by atoms with Crippen molar-refractivity contribution in [1.82, 2.24) is 0 Å². The highest BCUT2D eigenvalue weighted by Gasteiger charge is 1.82. The molecule has 1 N–H and O–H groups in total. The first-order valence-electron chi connectivity index (χ1n) is 7.37. The third-order valence-corrected chi connectivity index (χ3v) is 1.99. The molecule has 0 fully saturated rings. The highest BCUT2D eigenvalue weighted by Crippen LogP contribution is 2.07. The van der Waals surface area contributed by atoms with Crippen LogP contribution in [-0.2, 0) is 0 Å². The summed E-state index contributed by atoms with van der Waals surface area (Å²) >= 11 is 0. The molecule has 1 aromatic rings. The highest BCUT2D eigenvalue weighted by atomic mass is 16.3. The number of phenolic OH excluding ortho intramolecular Hbond substituents is 1.